The van der Waals surface area contributed by atoms with Crippen molar-refractivity contribution < 1.29 is 4.79 Å². The van der Waals surface area contributed by atoms with E-state index in [0.29, 0.717) is 11.9 Å². The zero-order chi connectivity index (χ0) is 10.7. The molecule has 2 rings (SSSR count). The highest BCUT2D eigenvalue weighted by molar-refractivity contribution is 5.90. The number of aromatic amines is 1. The van der Waals surface area contributed by atoms with E-state index in [1.165, 1.54) is 6.33 Å². The lowest BCUT2D eigenvalue weighted by molar-refractivity contribution is 0.0729. The standard InChI is InChI=1S/C10H16N4O/c1-2-3-6-14(8-4-5-8)10(15)9-11-7-12-13-9/h7-8H,2-6H2,1H3,(H,11,12,13). The lowest BCUT2D eigenvalue weighted by Crippen LogP contribution is -2.34. The van der Waals surface area contributed by atoms with Gasteiger partial charge < -0.3 is 4.90 Å². The van der Waals surface area contributed by atoms with Crippen molar-refractivity contribution in [2.24, 2.45) is 0 Å². The molecular weight excluding hydrogens is 192 g/mol. The highest BCUT2D eigenvalue weighted by Gasteiger charge is 2.33. The van der Waals surface area contributed by atoms with Crippen LogP contribution in [0.1, 0.15) is 43.2 Å². The first-order valence-corrected chi connectivity index (χ1v) is 5.49. The lowest BCUT2D eigenvalue weighted by Gasteiger charge is -2.20. The molecule has 15 heavy (non-hydrogen) atoms. The van der Waals surface area contributed by atoms with Crippen molar-refractivity contribution in [2.75, 3.05) is 6.54 Å². The molecular formula is C10H16N4O. The Bertz CT molecular complexity index is 318. The number of unbranched alkanes of at least 4 members (excludes halogenated alkanes) is 1. The van der Waals surface area contributed by atoms with Crippen LogP contribution in [0.25, 0.3) is 0 Å². The molecule has 1 saturated carbocycles. The third-order valence-corrected chi connectivity index (χ3v) is 2.62. The first-order valence-electron chi connectivity index (χ1n) is 5.49. The fourth-order valence-electron chi connectivity index (χ4n) is 1.61. The highest BCUT2D eigenvalue weighted by Crippen LogP contribution is 2.27. The molecule has 5 nitrogen and oxygen atoms in total. The summed E-state index contributed by atoms with van der Waals surface area (Å²) in [6.07, 6.45) is 5.79. The van der Waals surface area contributed by atoms with Crippen LogP contribution in [0, 0.1) is 0 Å². The Morgan fingerprint density at radius 3 is 3.00 bits per heavy atom. The minimum atomic E-state index is -0.0107. The number of nitrogens with zero attached hydrogens (tertiary/aromatic N) is 3. The molecule has 0 aromatic carbocycles. The molecule has 0 saturated heterocycles. The van der Waals surface area contributed by atoms with Gasteiger partial charge in [-0.1, -0.05) is 13.3 Å². The summed E-state index contributed by atoms with van der Waals surface area (Å²) in [5.41, 5.74) is 0. The molecule has 1 aliphatic carbocycles. The summed E-state index contributed by atoms with van der Waals surface area (Å²) in [6, 6.07) is 0.439. The van der Waals surface area contributed by atoms with Crippen LogP contribution in [0.3, 0.4) is 0 Å². The van der Waals surface area contributed by atoms with Crippen LogP contribution >= 0.6 is 0 Å². The average molecular weight is 208 g/mol. The van der Waals surface area contributed by atoms with Crippen LogP contribution < -0.4 is 0 Å². The largest absolute Gasteiger partial charge is 0.333 e. The molecule has 1 fully saturated rings. The van der Waals surface area contributed by atoms with Gasteiger partial charge in [-0.15, -0.1) is 0 Å². The Morgan fingerprint density at radius 1 is 1.67 bits per heavy atom. The van der Waals surface area contributed by atoms with Crippen LogP contribution in [0.2, 0.25) is 0 Å². The summed E-state index contributed by atoms with van der Waals surface area (Å²) in [5.74, 6) is 0.349. The third kappa shape index (κ3) is 2.34. The van der Waals surface area contributed by atoms with Crippen molar-refractivity contribution in [1.29, 1.82) is 0 Å². The van der Waals surface area contributed by atoms with Crippen molar-refractivity contribution in [3.63, 3.8) is 0 Å². The molecule has 82 valence electrons. The Balaban J connectivity index is 2.01. The van der Waals surface area contributed by atoms with Gasteiger partial charge in [-0.25, -0.2) is 4.98 Å². The summed E-state index contributed by atoms with van der Waals surface area (Å²) in [7, 11) is 0. The van der Waals surface area contributed by atoms with Crippen LogP contribution in [-0.2, 0) is 0 Å². The van der Waals surface area contributed by atoms with E-state index in [-0.39, 0.29) is 5.91 Å². The van der Waals surface area contributed by atoms with Gasteiger partial charge in [0, 0.05) is 12.6 Å². The van der Waals surface area contributed by atoms with Gasteiger partial charge >= 0.3 is 0 Å². The number of carbonyl (C=O) groups is 1. The Morgan fingerprint density at radius 2 is 2.47 bits per heavy atom. The van der Waals surface area contributed by atoms with Crippen molar-refractivity contribution in [3.8, 4) is 0 Å². The molecule has 0 spiro atoms. The van der Waals surface area contributed by atoms with Gasteiger partial charge in [-0.3, -0.25) is 9.89 Å². The molecule has 0 bridgehead atoms. The summed E-state index contributed by atoms with van der Waals surface area (Å²) in [5, 5.41) is 6.33. The second-order valence-electron chi connectivity index (χ2n) is 3.92. The minimum Gasteiger partial charge on any atom is -0.333 e. The van der Waals surface area contributed by atoms with Crippen molar-refractivity contribution in [3.05, 3.63) is 12.2 Å². The van der Waals surface area contributed by atoms with Gasteiger partial charge in [0.25, 0.3) is 5.91 Å². The molecule has 1 N–H and O–H groups in total. The van der Waals surface area contributed by atoms with Gasteiger partial charge in [-0.05, 0) is 19.3 Å². The quantitative estimate of drug-likeness (QED) is 0.791. The molecule has 1 aromatic heterocycles. The van der Waals surface area contributed by atoms with E-state index in [1.54, 1.807) is 0 Å². The summed E-state index contributed by atoms with van der Waals surface area (Å²) in [4.78, 5) is 17.8. The minimum absolute atomic E-state index is 0.0107. The number of amides is 1. The molecule has 1 amide bonds. The van der Waals surface area contributed by atoms with Gasteiger partial charge in [0.15, 0.2) is 0 Å². The summed E-state index contributed by atoms with van der Waals surface area (Å²) >= 11 is 0. The van der Waals surface area contributed by atoms with Gasteiger partial charge in [-0.2, -0.15) is 5.10 Å². The second-order valence-corrected chi connectivity index (χ2v) is 3.92. The first kappa shape index (κ1) is 10.1. The first-order chi connectivity index (χ1) is 7.33. The normalized spacial score (nSPS) is 15.3. The topological polar surface area (TPSA) is 61.9 Å². The van der Waals surface area contributed by atoms with Gasteiger partial charge in [0.2, 0.25) is 5.82 Å². The van der Waals surface area contributed by atoms with E-state index < -0.39 is 0 Å². The molecule has 5 heteroatoms. The Hall–Kier alpha value is -1.39. The fourth-order valence-corrected chi connectivity index (χ4v) is 1.61. The van der Waals surface area contributed by atoms with Crippen LogP contribution in [0.4, 0.5) is 0 Å². The highest BCUT2D eigenvalue weighted by atomic mass is 16.2. The van der Waals surface area contributed by atoms with Crippen LogP contribution in [0.5, 0.6) is 0 Å². The zero-order valence-electron chi connectivity index (χ0n) is 8.94. The molecule has 0 aliphatic heterocycles. The number of nitrogens with one attached hydrogen (secondary N) is 1. The Kier molecular flexibility index (Phi) is 2.99. The van der Waals surface area contributed by atoms with Gasteiger partial charge in [0.05, 0.1) is 0 Å². The molecule has 1 aliphatic rings. The van der Waals surface area contributed by atoms with Crippen molar-refractivity contribution in [1.82, 2.24) is 20.1 Å². The molecule has 0 atom stereocenters. The van der Waals surface area contributed by atoms with E-state index in [0.717, 1.165) is 32.2 Å². The maximum absolute atomic E-state index is 12.0. The summed E-state index contributed by atoms with van der Waals surface area (Å²) in [6.45, 7) is 2.96. The monoisotopic (exact) mass is 208 g/mol. The van der Waals surface area contributed by atoms with Gasteiger partial charge in [0.1, 0.15) is 6.33 Å². The molecule has 0 unspecified atom stereocenters. The van der Waals surface area contributed by atoms with E-state index in [9.17, 15) is 4.79 Å². The molecule has 1 aromatic rings. The average Bonchev–Trinajstić information content (AvgIpc) is 2.94. The van der Waals surface area contributed by atoms with E-state index in [1.807, 2.05) is 4.90 Å². The second kappa shape index (κ2) is 4.42. The number of carbonyl (C=O) groups excluding carboxylic acids is 1. The Labute approximate surface area is 88.9 Å². The maximum Gasteiger partial charge on any atom is 0.291 e. The predicted octanol–water partition coefficient (Wildman–Crippen LogP) is 1.21. The smallest absolute Gasteiger partial charge is 0.291 e. The number of hydrogen-bond donors (Lipinski definition) is 1. The number of H-pyrrole nitrogens is 1. The number of hydrogen-bond acceptors (Lipinski definition) is 3. The predicted molar refractivity (Wildman–Crippen MR) is 55.3 cm³/mol. The maximum atomic E-state index is 12.0. The van der Waals surface area contributed by atoms with E-state index in [2.05, 4.69) is 22.1 Å². The van der Waals surface area contributed by atoms with Crippen LogP contribution in [0.15, 0.2) is 6.33 Å². The lowest BCUT2D eigenvalue weighted by atomic mass is 10.3. The zero-order valence-corrected chi connectivity index (χ0v) is 8.94. The SMILES string of the molecule is CCCCN(C(=O)c1ncn[nH]1)C1CC1. The molecule has 1 heterocycles. The molecule has 0 radical (unpaired) electrons. The van der Waals surface area contributed by atoms with Crippen LogP contribution in [-0.4, -0.2) is 38.6 Å². The van der Waals surface area contributed by atoms with Crippen molar-refractivity contribution in [2.45, 2.75) is 38.6 Å². The van der Waals surface area contributed by atoms with E-state index >= 15 is 0 Å². The number of aromatic nitrogens is 3. The number of rotatable bonds is 5. The fraction of sp³-hybridized carbons (Fsp3) is 0.700. The third-order valence-electron chi connectivity index (χ3n) is 2.62. The van der Waals surface area contributed by atoms with E-state index in [4.69, 9.17) is 0 Å². The van der Waals surface area contributed by atoms with Crippen molar-refractivity contribution >= 4 is 5.91 Å². The summed E-state index contributed by atoms with van der Waals surface area (Å²) < 4.78 is 0.